The first-order valence-corrected chi connectivity index (χ1v) is 26.4. The van der Waals surface area contributed by atoms with Crippen molar-refractivity contribution in [3.63, 3.8) is 0 Å². The van der Waals surface area contributed by atoms with E-state index in [1.54, 1.807) is 4.90 Å². The number of fused-ring (bicyclic) bond motifs is 5. The lowest BCUT2D eigenvalue weighted by atomic mass is 9.57. The Hall–Kier alpha value is -5.02. The van der Waals surface area contributed by atoms with Crippen molar-refractivity contribution in [2.24, 2.45) is 16.7 Å². The number of likely N-dealkylation sites (tertiary alicyclic amines) is 1. The molecule has 2 unspecified atom stereocenters. The summed E-state index contributed by atoms with van der Waals surface area (Å²) in [5.74, 6) is 1.13. The van der Waals surface area contributed by atoms with Gasteiger partial charge in [0.1, 0.15) is 11.9 Å². The number of amides is 3. The van der Waals surface area contributed by atoms with E-state index in [1.807, 2.05) is 18.2 Å². The zero-order chi connectivity index (χ0) is 46.4. The van der Waals surface area contributed by atoms with Crippen molar-refractivity contribution < 1.29 is 19.1 Å². The first-order chi connectivity index (χ1) is 33.6. The SMILES string of the molecule is O=C1CC[C@H](N2Cc3cc(N4CCN(CC5CC6(CCN(CC7(COc8nc9c(c(N%10CC%11CCC(C%10)N%11)n8)CCN(c8cccc%10cccc(Cl)c8%10)C9)CC7)CC6)C5)CC4)ccc3C2=O)C(=O)N1. The van der Waals surface area contributed by atoms with Crippen LogP contribution in [0.25, 0.3) is 10.8 Å². The van der Waals surface area contributed by atoms with Crippen molar-refractivity contribution in [1.82, 2.24) is 35.3 Å². The molecule has 3 amide bonds. The van der Waals surface area contributed by atoms with Crippen molar-refractivity contribution in [2.75, 3.05) is 93.3 Å². The fraction of sp³-hybridized carbons (Fsp3) is 0.574. The number of nitrogens with one attached hydrogen (secondary N) is 2. The second kappa shape index (κ2) is 17.4. The summed E-state index contributed by atoms with van der Waals surface area (Å²) in [7, 11) is 0. The van der Waals surface area contributed by atoms with Crippen LogP contribution in [0.1, 0.15) is 91.4 Å². The van der Waals surface area contributed by atoms with Gasteiger partial charge in [0.2, 0.25) is 11.8 Å². The maximum Gasteiger partial charge on any atom is 0.318 e. The molecular weight excluding hydrogens is 888 g/mol. The standard InChI is InChI=1S/C54H65ClN10O4/c55-43-5-1-3-36-4-2-6-45(48(36)43)63-18-13-42-44(32-63)57-52(59-49(42)64-30-38-7-8-39(31-64)56-38)69-34-54(14-15-54)33-61-19-16-53(17-20-61)26-35(27-53)28-60-21-23-62(24-22-60)40-9-10-41-37(25-40)29-65(51(41)68)46-11-12-47(66)58-50(46)67/h1-6,9-10,25,35,38-39,46,56H,7-8,11-24,26-34H2,(H,58,66,67)/t38?,39?,46-/m0/s1. The molecular formula is C54H65ClN10O4. The predicted octanol–water partition coefficient (Wildman–Crippen LogP) is 6.02. The second-order valence-electron chi connectivity index (χ2n) is 22.5. The molecule has 362 valence electrons. The number of rotatable bonds is 11. The number of hydrogen-bond donors (Lipinski definition) is 2. The van der Waals surface area contributed by atoms with Gasteiger partial charge in [0.15, 0.2) is 0 Å². The minimum absolute atomic E-state index is 0.114. The van der Waals surface area contributed by atoms with E-state index in [0.717, 1.165) is 109 Å². The van der Waals surface area contributed by atoms with Gasteiger partial charge in [-0.3, -0.25) is 24.6 Å². The van der Waals surface area contributed by atoms with Gasteiger partial charge in [-0.05, 0) is 130 Å². The van der Waals surface area contributed by atoms with Crippen LogP contribution in [0, 0.1) is 16.7 Å². The van der Waals surface area contributed by atoms with E-state index in [4.69, 9.17) is 26.3 Å². The monoisotopic (exact) mass is 952 g/mol. The van der Waals surface area contributed by atoms with Gasteiger partial charge < -0.3 is 34.6 Å². The third-order valence-electron chi connectivity index (χ3n) is 17.9. The van der Waals surface area contributed by atoms with Gasteiger partial charge in [-0.2, -0.15) is 9.97 Å². The Morgan fingerprint density at radius 2 is 1.55 bits per heavy atom. The van der Waals surface area contributed by atoms with Crippen LogP contribution in [0.5, 0.6) is 6.01 Å². The summed E-state index contributed by atoms with van der Waals surface area (Å²) in [6.45, 7) is 13.4. The minimum Gasteiger partial charge on any atom is -0.463 e. The summed E-state index contributed by atoms with van der Waals surface area (Å²) in [5.41, 5.74) is 7.02. The van der Waals surface area contributed by atoms with Gasteiger partial charge in [-0.25, -0.2) is 0 Å². The largest absolute Gasteiger partial charge is 0.463 e. The molecule has 3 aromatic carbocycles. The molecule has 3 atom stereocenters. The quantitative estimate of drug-likeness (QED) is 0.171. The maximum atomic E-state index is 13.2. The van der Waals surface area contributed by atoms with E-state index in [2.05, 4.69) is 71.5 Å². The number of imide groups is 1. The lowest BCUT2D eigenvalue weighted by Gasteiger charge is -2.54. The molecule has 8 heterocycles. The number of hydrogen-bond acceptors (Lipinski definition) is 12. The summed E-state index contributed by atoms with van der Waals surface area (Å²) in [6, 6.07) is 19.8. The topological polar surface area (TPSA) is 130 Å². The van der Waals surface area contributed by atoms with Gasteiger partial charge in [0.25, 0.3) is 5.91 Å². The van der Waals surface area contributed by atoms with Crippen molar-refractivity contribution in [3.05, 3.63) is 82.0 Å². The first kappa shape index (κ1) is 44.0. The van der Waals surface area contributed by atoms with Crippen LogP contribution in [0.3, 0.4) is 0 Å². The average molecular weight is 954 g/mol. The summed E-state index contributed by atoms with van der Waals surface area (Å²) >= 11 is 6.83. The number of piperazine rings is 2. The maximum absolute atomic E-state index is 13.2. The molecule has 4 aromatic rings. The van der Waals surface area contributed by atoms with Crippen molar-refractivity contribution in [3.8, 4) is 6.01 Å². The van der Waals surface area contributed by atoms with Crippen LogP contribution < -0.4 is 30.1 Å². The molecule has 7 aliphatic heterocycles. The predicted molar refractivity (Wildman–Crippen MR) is 267 cm³/mol. The van der Waals surface area contributed by atoms with Crippen LogP contribution in [0.2, 0.25) is 5.02 Å². The molecule has 13 rings (SSSR count). The average Bonchev–Trinajstić information content (AvgIpc) is 3.93. The van der Waals surface area contributed by atoms with E-state index in [-0.39, 0.29) is 29.6 Å². The summed E-state index contributed by atoms with van der Waals surface area (Å²) in [6.07, 6.45) is 11.7. The number of benzene rings is 3. The zero-order valence-corrected chi connectivity index (χ0v) is 40.5. The van der Waals surface area contributed by atoms with E-state index in [1.165, 1.54) is 76.6 Å². The molecule has 2 aliphatic carbocycles. The fourth-order valence-corrected chi connectivity index (χ4v) is 14.1. The second-order valence-corrected chi connectivity index (χ2v) is 22.9. The lowest BCUT2D eigenvalue weighted by molar-refractivity contribution is -0.136. The highest BCUT2D eigenvalue weighted by atomic mass is 35.5. The summed E-state index contributed by atoms with van der Waals surface area (Å²) < 4.78 is 6.74. The Morgan fingerprint density at radius 1 is 0.768 bits per heavy atom. The normalized spacial score (nSPS) is 26.6. The molecule has 9 aliphatic rings. The third-order valence-corrected chi connectivity index (χ3v) is 18.2. The Balaban J connectivity index is 0.595. The number of ether oxygens (including phenoxy) is 1. The highest BCUT2D eigenvalue weighted by molar-refractivity contribution is 6.36. The van der Waals surface area contributed by atoms with Gasteiger partial charge in [-0.1, -0.05) is 35.9 Å². The number of aromatic nitrogens is 2. The molecule has 15 heteroatoms. The van der Waals surface area contributed by atoms with Crippen molar-refractivity contribution in [2.45, 2.75) is 102 Å². The molecule has 0 radical (unpaired) electrons. The van der Waals surface area contributed by atoms with E-state index < -0.39 is 6.04 Å². The minimum atomic E-state index is -0.583. The Morgan fingerprint density at radius 3 is 2.32 bits per heavy atom. The molecule has 69 heavy (non-hydrogen) atoms. The third kappa shape index (κ3) is 8.40. The summed E-state index contributed by atoms with van der Waals surface area (Å²) in [5, 5.41) is 9.27. The lowest BCUT2D eigenvalue weighted by Crippen LogP contribution is -2.53. The van der Waals surface area contributed by atoms with Gasteiger partial charge in [0, 0.05) is 117 Å². The van der Waals surface area contributed by atoms with E-state index >= 15 is 0 Å². The number of nitrogens with zero attached hydrogens (tertiary/aromatic N) is 8. The zero-order valence-electron chi connectivity index (χ0n) is 39.8. The van der Waals surface area contributed by atoms with E-state index in [0.29, 0.717) is 55.2 Å². The fourth-order valence-electron chi connectivity index (χ4n) is 13.8. The number of halogens is 1. The van der Waals surface area contributed by atoms with Crippen LogP contribution >= 0.6 is 11.6 Å². The van der Waals surface area contributed by atoms with Crippen molar-refractivity contribution in [1.29, 1.82) is 0 Å². The molecule has 2 saturated carbocycles. The molecule has 1 aromatic heterocycles. The van der Waals surface area contributed by atoms with E-state index in [9.17, 15) is 14.4 Å². The van der Waals surface area contributed by atoms with Crippen LogP contribution in [0.4, 0.5) is 17.2 Å². The molecule has 7 fully saturated rings. The number of carbonyl (C=O) groups is 3. The van der Waals surface area contributed by atoms with Crippen LogP contribution in [-0.4, -0.2) is 139 Å². The smallest absolute Gasteiger partial charge is 0.318 e. The Kier molecular flexibility index (Phi) is 11.1. The van der Waals surface area contributed by atoms with Gasteiger partial charge in [0.05, 0.1) is 23.9 Å². The summed E-state index contributed by atoms with van der Waals surface area (Å²) in [4.78, 5) is 62.4. The molecule has 2 bridgehead atoms. The van der Waals surface area contributed by atoms with Crippen LogP contribution in [0.15, 0.2) is 54.6 Å². The Labute approximate surface area is 410 Å². The molecule has 14 nitrogen and oxygen atoms in total. The van der Waals surface area contributed by atoms with Gasteiger partial charge in [-0.15, -0.1) is 0 Å². The number of anilines is 3. The highest BCUT2D eigenvalue weighted by Crippen LogP contribution is 2.54. The number of piperidine rings is 2. The molecule has 2 N–H and O–H groups in total. The Bertz CT molecular complexity index is 2670. The molecule has 5 saturated heterocycles. The number of carbonyl (C=O) groups excluding carboxylic acids is 3. The molecule has 1 spiro atoms. The first-order valence-electron chi connectivity index (χ1n) is 26.1. The highest BCUT2D eigenvalue weighted by Gasteiger charge is 2.50. The van der Waals surface area contributed by atoms with Crippen molar-refractivity contribution >= 4 is 57.3 Å². The van der Waals surface area contributed by atoms with Gasteiger partial charge >= 0.3 is 6.01 Å². The van der Waals surface area contributed by atoms with Crippen LogP contribution in [-0.2, 0) is 29.1 Å².